The molecule has 17 rings (SSSR count). The molecule has 0 saturated carbocycles. The van der Waals surface area contributed by atoms with E-state index in [9.17, 15) is 0 Å². The largest absolute Gasteiger partial charge is 0.309 e. The van der Waals surface area contributed by atoms with E-state index in [4.69, 9.17) is 29.9 Å². The summed E-state index contributed by atoms with van der Waals surface area (Å²) in [6.07, 6.45) is 0. The van der Waals surface area contributed by atoms with Crippen LogP contribution in [0.3, 0.4) is 0 Å². The molecule has 0 aliphatic carbocycles. The van der Waals surface area contributed by atoms with Gasteiger partial charge in [0.05, 0.1) is 44.1 Å². The summed E-state index contributed by atoms with van der Waals surface area (Å²) in [5.74, 6) is 3.29. The second kappa shape index (κ2) is 18.1. The minimum atomic E-state index is 0.506. The Bertz CT molecular complexity index is 5240. The first-order valence-electron chi connectivity index (χ1n) is 27.4. The summed E-state index contributed by atoms with van der Waals surface area (Å²) in [7, 11) is 0. The molecule has 11 aromatic carbocycles. The zero-order valence-electron chi connectivity index (χ0n) is 43.9. The van der Waals surface area contributed by atoms with Gasteiger partial charge in [-0.05, 0) is 84.9 Å². The Morgan fingerprint density at radius 3 is 0.829 bits per heavy atom. The number of hydrogen-bond donors (Lipinski definition) is 0. The fraction of sp³-hybridized carbons (Fsp3) is 0. The highest BCUT2D eigenvalue weighted by atomic mass is 15.2. The third kappa shape index (κ3) is 7.08. The molecule has 0 amide bonds. The maximum Gasteiger partial charge on any atom is 0.238 e. The number of aromatic nitrogens is 10. The van der Waals surface area contributed by atoms with E-state index in [0.29, 0.717) is 35.2 Å². The number of fused-ring (bicyclic) bond motifs is 12. The molecule has 17 aromatic rings. The summed E-state index contributed by atoms with van der Waals surface area (Å²) in [6, 6.07) is 93.4. The normalized spacial score (nSPS) is 11.9. The van der Waals surface area contributed by atoms with Crippen LogP contribution in [0.5, 0.6) is 0 Å². The standard InChI is InChI=1S/C72H44N10/c1-4-20-45(21-5-1)67-73-68(46-22-6-2-7-23-46)76-71(75-67)82-64-39-36-48(42-56(64)58-44-50(38-41-66(58)82)80-61-33-17-12-28-53(61)54-29-13-18-34-62(54)80)70-74-69(47-24-8-3-9-25-47)77-72(78-70)81-63-35-19-14-30-55(63)57-43-49(37-40-65(57)81)79-59-31-15-10-26-51(59)52-27-11-16-32-60(52)79/h1-44H. The molecule has 10 nitrogen and oxygen atoms in total. The highest BCUT2D eigenvalue weighted by molar-refractivity contribution is 6.14. The van der Waals surface area contributed by atoms with E-state index in [1.165, 1.54) is 21.5 Å². The first kappa shape index (κ1) is 45.6. The predicted molar refractivity (Wildman–Crippen MR) is 332 cm³/mol. The van der Waals surface area contributed by atoms with Crippen molar-refractivity contribution in [2.24, 2.45) is 0 Å². The first-order chi connectivity index (χ1) is 40.7. The molecular formula is C72H44N10. The zero-order valence-corrected chi connectivity index (χ0v) is 43.9. The highest BCUT2D eigenvalue weighted by Crippen LogP contribution is 2.41. The third-order valence-electron chi connectivity index (χ3n) is 16.1. The van der Waals surface area contributed by atoms with Gasteiger partial charge in [0.25, 0.3) is 0 Å². The quantitative estimate of drug-likeness (QED) is 0.150. The molecule has 0 bridgehead atoms. The Morgan fingerprint density at radius 2 is 0.451 bits per heavy atom. The van der Waals surface area contributed by atoms with Gasteiger partial charge in [0.15, 0.2) is 23.3 Å². The lowest BCUT2D eigenvalue weighted by molar-refractivity contribution is 0.951. The number of rotatable bonds is 8. The van der Waals surface area contributed by atoms with Gasteiger partial charge in [-0.2, -0.15) is 19.9 Å². The van der Waals surface area contributed by atoms with Crippen LogP contribution in [0.15, 0.2) is 267 Å². The molecular weight excluding hydrogens is 1000 g/mol. The van der Waals surface area contributed by atoms with Crippen LogP contribution in [0.1, 0.15) is 0 Å². The van der Waals surface area contributed by atoms with Crippen LogP contribution < -0.4 is 0 Å². The van der Waals surface area contributed by atoms with Gasteiger partial charge in [0.2, 0.25) is 11.9 Å². The first-order valence-corrected chi connectivity index (χ1v) is 27.4. The zero-order chi connectivity index (χ0) is 53.8. The van der Waals surface area contributed by atoms with Crippen molar-refractivity contribution in [2.75, 3.05) is 0 Å². The Kier molecular flexibility index (Phi) is 10.1. The Balaban J connectivity index is 0.904. The predicted octanol–water partition coefficient (Wildman–Crippen LogP) is 17.1. The average Bonchev–Trinajstić information content (AvgIpc) is 2.75. The van der Waals surface area contributed by atoms with Gasteiger partial charge < -0.3 is 9.13 Å². The Labute approximate surface area is 468 Å². The van der Waals surface area contributed by atoms with Crippen molar-refractivity contribution in [3.63, 3.8) is 0 Å². The lowest BCUT2D eigenvalue weighted by atomic mass is 10.1. The molecule has 82 heavy (non-hydrogen) atoms. The third-order valence-corrected chi connectivity index (χ3v) is 16.1. The van der Waals surface area contributed by atoms with Crippen molar-refractivity contribution < 1.29 is 0 Å². The molecule has 0 aliphatic rings. The van der Waals surface area contributed by atoms with Crippen LogP contribution in [0.25, 0.3) is 156 Å². The molecule has 0 aliphatic heterocycles. The molecule has 0 atom stereocenters. The van der Waals surface area contributed by atoms with Crippen molar-refractivity contribution in [3.05, 3.63) is 267 Å². The summed E-state index contributed by atoms with van der Waals surface area (Å²) in [5.41, 5.74) is 14.0. The van der Waals surface area contributed by atoms with Crippen LogP contribution >= 0.6 is 0 Å². The summed E-state index contributed by atoms with van der Waals surface area (Å²) >= 11 is 0. The molecule has 10 heteroatoms. The van der Waals surface area contributed by atoms with E-state index in [0.717, 1.165) is 99.3 Å². The van der Waals surface area contributed by atoms with E-state index in [2.05, 4.69) is 206 Å². The van der Waals surface area contributed by atoms with Gasteiger partial charge >= 0.3 is 0 Å². The van der Waals surface area contributed by atoms with E-state index >= 15 is 0 Å². The minimum Gasteiger partial charge on any atom is -0.309 e. The fourth-order valence-corrected chi connectivity index (χ4v) is 12.4. The number of hydrogen-bond acceptors (Lipinski definition) is 6. The van der Waals surface area contributed by atoms with Gasteiger partial charge in [0, 0.05) is 76.7 Å². The summed E-state index contributed by atoms with van der Waals surface area (Å²) in [4.78, 5) is 31.8. The van der Waals surface area contributed by atoms with Gasteiger partial charge in [-0.3, -0.25) is 9.13 Å². The van der Waals surface area contributed by atoms with Gasteiger partial charge in [-0.15, -0.1) is 0 Å². The number of benzene rings is 11. The van der Waals surface area contributed by atoms with Crippen LogP contribution in [0, 0.1) is 0 Å². The molecule has 0 spiro atoms. The Hall–Kier alpha value is -11.4. The van der Waals surface area contributed by atoms with Crippen molar-refractivity contribution in [1.82, 2.24) is 48.2 Å². The van der Waals surface area contributed by atoms with Crippen molar-refractivity contribution >= 4 is 87.2 Å². The van der Waals surface area contributed by atoms with Crippen LogP contribution in [0.2, 0.25) is 0 Å². The number of para-hydroxylation sites is 5. The fourth-order valence-electron chi connectivity index (χ4n) is 12.4. The van der Waals surface area contributed by atoms with Crippen LogP contribution in [-0.2, 0) is 0 Å². The molecule has 0 unspecified atom stereocenters. The molecule has 6 heterocycles. The lowest BCUT2D eigenvalue weighted by Gasteiger charge is -2.12. The summed E-state index contributed by atoms with van der Waals surface area (Å²) in [6.45, 7) is 0. The van der Waals surface area contributed by atoms with E-state index in [-0.39, 0.29) is 0 Å². The van der Waals surface area contributed by atoms with E-state index < -0.39 is 0 Å². The van der Waals surface area contributed by atoms with Crippen LogP contribution in [-0.4, -0.2) is 48.2 Å². The van der Waals surface area contributed by atoms with Gasteiger partial charge in [0.1, 0.15) is 0 Å². The molecule has 0 saturated heterocycles. The Morgan fingerprint density at radius 1 is 0.183 bits per heavy atom. The number of nitrogens with zero attached hydrogens (tertiary/aromatic N) is 10. The van der Waals surface area contributed by atoms with E-state index in [1.807, 2.05) is 78.9 Å². The monoisotopic (exact) mass is 1050 g/mol. The SMILES string of the molecule is c1ccc(-c2nc(-c3ccc4c(c3)c3cc(-n5c6ccccc6c6ccccc65)ccc3n4-c3nc(-c4ccccc4)nc(-c4ccccc4)n3)nc(-n3c4ccccc4c4cc(-n5c6ccccc6c6ccccc65)ccc43)n2)cc1. The molecule has 0 N–H and O–H groups in total. The molecule has 382 valence electrons. The van der Waals surface area contributed by atoms with Gasteiger partial charge in [-0.1, -0.05) is 182 Å². The molecule has 0 fully saturated rings. The summed E-state index contributed by atoms with van der Waals surface area (Å²) < 4.78 is 9.10. The molecule has 6 aromatic heterocycles. The van der Waals surface area contributed by atoms with Gasteiger partial charge in [-0.25, -0.2) is 9.97 Å². The smallest absolute Gasteiger partial charge is 0.238 e. The van der Waals surface area contributed by atoms with Crippen LogP contribution in [0.4, 0.5) is 0 Å². The topological polar surface area (TPSA) is 97.1 Å². The lowest BCUT2D eigenvalue weighted by Crippen LogP contribution is -2.07. The summed E-state index contributed by atoms with van der Waals surface area (Å²) in [5, 5.41) is 9.02. The van der Waals surface area contributed by atoms with E-state index in [1.54, 1.807) is 0 Å². The second-order valence-corrected chi connectivity index (χ2v) is 20.7. The maximum absolute atomic E-state index is 5.49. The van der Waals surface area contributed by atoms with Crippen molar-refractivity contribution in [3.8, 4) is 68.8 Å². The second-order valence-electron chi connectivity index (χ2n) is 20.7. The minimum absolute atomic E-state index is 0.506. The highest BCUT2D eigenvalue weighted by Gasteiger charge is 2.24. The maximum atomic E-state index is 5.49. The van der Waals surface area contributed by atoms with Crippen molar-refractivity contribution in [2.45, 2.75) is 0 Å². The average molecular weight is 1050 g/mol. The molecule has 0 radical (unpaired) electrons. The van der Waals surface area contributed by atoms with Crippen molar-refractivity contribution in [1.29, 1.82) is 0 Å².